The van der Waals surface area contributed by atoms with E-state index < -0.39 is 41.0 Å². The van der Waals surface area contributed by atoms with Gasteiger partial charge in [0.2, 0.25) is 0 Å². The van der Waals surface area contributed by atoms with Crippen molar-refractivity contribution in [2.45, 2.75) is 19.1 Å². The summed E-state index contributed by atoms with van der Waals surface area (Å²) in [7, 11) is 0. The van der Waals surface area contributed by atoms with E-state index in [2.05, 4.69) is 0 Å². The van der Waals surface area contributed by atoms with Crippen LogP contribution in [-0.2, 0) is 15.8 Å². The molecule has 3 aromatic rings. The highest BCUT2D eigenvalue weighted by Gasteiger charge is 2.47. The summed E-state index contributed by atoms with van der Waals surface area (Å²) in [6, 6.07) is 11.5. The molecular formula is C26H18ClF4NO4. The van der Waals surface area contributed by atoms with Crippen LogP contribution < -0.4 is 9.64 Å². The van der Waals surface area contributed by atoms with Crippen LogP contribution in [0.3, 0.4) is 0 Å². The average Bonchev–Trinajstić information content (AvgIpc) is 3.10. The fraction of sp³-hybridized carbons (Fsp3) is 0.154. The van der Waals surface area contributed by atoms with E-state index in [0.29, 0.717) is 0 Å². The second-order valence-electron chi connectivity index (χ2n) is 7.85. The van der Waals surface area contributed by atoms with Crippen molar-refractivity contribution in [3.05, 3.63) is 99.8 Å². The van der Waals surface area contributed by atoms with Crippen LogP contribution in [-0.4, -0.2) is 23.4 Å². The van der Waals surface area contributed by atoms with Crippen molar-refractivity contribution in [2.24, 2.45) is 0 Å². The van der Waals surface area contributed by atoms with Crippen molar-refractivity contribution in [3.63, 3.8) is 0 Å². The maximum absolute atomic E-state index is 13.6. The van der Waals surface area contributed by atoms with Gasteiger partial charge >= 0.3 is 6.18 Å². The highest BCUT2D eigenvalue weighted by molar-refractivity contribution is 6.51. The Bertz CT molecular complexity index is 1370. The molecule has 0 radical (unpaired) electrons. The van der Waals surface area contributed by atoms with Gasteiger partial charge in [0.1, 0.15) is 17.3 Å². The van der Waals surface area contributed by atoms with E-state index in [4.69, 9.17) is 16.3 Å². The van der Waals surface area contributed by atoms with Crippen molar-refractivity contribution in [2.75, 3.05) is 11.5 Å². The Morgan fingerprint density at radius 2 is 1.75 bits per heavy atom. The first-order valence-electron chi connectivity index (χ1n) is 10.7. The number of hydrogen-bond donors (Lipinski definition) is 1. The first-order chi connectivity index (χ1) is 17.0. The molecule has 1 unspecified atom stereocenters. The normalized spacial score (nSPS) is 17.5. The number of amides is 1. The molecule has 1 heterocycles. The maximum atomic E-state index is 13.6. The number of carbonyl (C=O) groups is 2. The van der Waals surface area contributed by atoms with Crippen LogP contribution in [0.2, 0.25) is 5.02 Å². The number of halogens is 5. The number of ether oxygens (including phenoxy) is 1. The van der Waals surface area contributed by atoms with E-state index in [1.165, 1.54) is 36.4 Å². The van der Waals surface area contributed by atoms with Gasteiger partial charge in [-0.15, -0.1) is 0 Å². The Kier molecular flexibility index (Phi) is 6.77. The second kappa shape index (κ2) is 9.66. The van der Waals surface area contributed by atoms with Crippen molar-refractivity contribution in [1.29, 1.82) is 0 Å². The predicted octanol–water partition coefficient (Wildman–Crippen LogP) is 6.52. The number of benzene rings is 3. The third kappa shape index (κ3) is 4.66. The number of aliphatic hydroxyl groups excluding tert-OH is 1. The number of hydrogen-bond acceptors (Lipinski definition) is 4. The van der Waals surface area contributed by atoms with Gasteiger partial charge in [-0.1, -0.05) is 29.8 Å². The SMILES string of the molecule is CCOc1cc(/C(O)=C2\C(=O)C(=O)N(c3cccc(C(F)(F)F)c3)C2c2ccc(F)cc2)ccc1Cl. The highest BCUT2D eigenvalue weighted by Crippen LogP contribution is 2.44. The zero-order valence-corrected chi connectivity index (χ0v) is 19.4. The molecule has 3 aromatic carbocycles. The molecule has 0 spiro atoms. The molecule has 5 nitrogen and oxygen atoms in total. The number of aliphatic hydroxyl groups is 1. The smallest absolute Gasteiger partial charge is 0.416 e. The van der Waals surface area contributed by atoms with Gasteiger partial charge in [0.05, 0.1) is 28.8 Å². The summed E-state index contributed by atoms with van der Waals surface area (Å²) in [5.74, 6) is -3.24. The van der Waals surface area contributed by atoms with Crippen LogP contribution in [0, 0.1) is 5.82 Å². The molecule has 4 rings (SSSR count). The number of alkyl halides is 3. The molecule has 1 N–H and O–H groups in total. The maximum Gasteiger partial charge on any atom is 0.416 e. The van der Waals surface area contributed by atoms with E-state index in [1.807, 2.05) is 0 Å². The number of ketones is 1. The topological polar surface area (TPSA) is 66.8 Å². The van der Waals surface area contributed by atoms with Crippen molar-refractivity contribution < 1.29 is 37.0 Å². The average molecular weight is 520 g/mol. The van der Waals surface area contributed by atoms with E-state index in [0.717, 1.165) is 35.2 Å². The molecule has 186 valence electrons. The number of Topliss-reactive ketones (excluding diaryl/α,β-unsaturated/α-hetero) is 1. The Morgan fingerprint density at radius 1 is 1.06 bits per heavy atom. The van der Waals surface area contributed by atoms with Crippen molar-refractivity contribution >= 4 is 34.7 Å². The third-order valence-electron chi connectivity index (χ3n) is 5.59. The minimum absolute atomic E-state index is 0.0944. The zero-order valence-electron chi connectivity index (χ0n) is 18.6. The van der Waals surface area contributed by atoms with Crippen LogP contribution in [0.1, 0.15) is 29.7 Å². The lowest BCUT2D eigenvalue weighted by molar-refractivity contribution is -0.137. The summed E-state index contributed by atoms with van der Waals surface area (Å²) in [5, 5.41) is 11.4. The number of anilines is 1. The van der Waals surface area contributed by atoms with E-state index in [1.54, 1.807) is 6.92 Å². The molecule has 10 heteroatoms. The molecule has 0 aliphatic carbocycles. The molecule has 1 fully saturated rings. The van der Waals surface area contributed by atoms with Gasteiger partial charge in [0, 0.05) is 11.3 Å². The summed E-state index contributed by atoms with van der Waals surface area (Å²) in [6.07, 6.45) is -4.70. The molecular weight excluding hydrogens is 502 g/mol. The van der Waals surface area contributed by atoms with Crippen molar-refractivity contribution in [1.82, 2.24) is 0 Å². The summed E-state index contributed by atoms with van der Waals surface area (Å²) in [6.45, 7) is 1.98. The fourth-order valence-corrected chi connectivity index (χ4v) is 4.14. The molecule has 1 saturated heterocycles. The highest BCUT2D eigenvalue weighted by atomic mass is 35.5. The van der Waals surface area contributed by atoms with Gasteiger partial charge in [0.25, 0.3) is 11.7 Å². The number of carbonyl (C=O) groups excluding carboxylic acids is 2. The Labute approximate surface area is 208 Å². The lowest BCUT2D eigenvalue weighted by atomic mass is 9.95. The largest absolute Gasteiger partial charge is 0.507 e. The predicted molar refractivity (Wildman–Crippen MR) is 125 cm³/mol. The molecule has 0 bridgehead atoms. The Hall–Kier alpha value is -3.85. The van der Waals surface area contributed by atoms with Crippen LogP contribution in [0.25, 0.3) is 5.76 Å². The number of nitrogens with zero attached hydrogens (tertiary/aromatic N) is 1. The molecule has 1 aliphatic heterocycles. The Balaban J connectivity index is 1.94. The Morgan fingerprint density at radius 3 is 2.39 bits per heavy atom. The van der Waals surface area contributed by atoms with Crippen LogP contribution in [0.15, 0.2) is 72.3 Å². The quantitative estimate of drug-likeness (QED) is 0.180. The summed E-state index contributed by atoms with van der Waals surface area (Å²) in [5.41, 5.74) is -1.33. The van der Waals surface area contributed by atoms with Gasteiger partial charge in [-0.2, -0.15) is 13.2 Å². The van der Waals surface area contributed by atoms with E-state index >= 15 is 0 Å². The van der Waals surface area contributed by atoms with E-state index in [9.17, 15) is 32.3 Å². The lowest BCUT2D eigenvalue weighted by Crippen LogP contribution is -2.29. The standard InChI is InChI=1S/C26H18ClF4NO4/c1-2-36-20-12-15(8-11-19(20)27)23(33)21-22(14-6-9-17(28)10-7-14)32(25(35)24(21)34)18-5-3-4-16(13-18)26(29,30)31/h3-13,22,33H,2H2,1H3/b23-21+. The minimum atomic E-state index is -4.70. The van der Waals surface area contributed by atoms with Crippen LogP contribution in [0.4, 0.5) is 23.2 Å². The van der Waals surface area contributed by atoms with E-state index in [-0.39, 0.29) is 39.8 Å². The summed E-state index contributed by atoms with van der Waals surface area (Å²) < 4.78 is 59.2. The first kappa shape index (κ1) is 25.2. The lowest BCUT2D eigenvalue weighted by Gasteiger charge is -2.26. The van der Waals surface area contributed by atoms with Gasteiger partial charge < -0.3 is 9.84 Å². The van der Waals surface area contributed by atoms with Crippen LogP contribution >= 0.6 is 11.6 Å². The molecule has 1 amide bonds. The molecule has 1 aliphatic rings. The number of rotatable bonds is 5. The molecule has 0 saturated carbocycles. The molecule has 0 aromatic heterocycles. The zero-order chi connectivity index (χ0) is 26.2. The first-order valence-corrected chi connectivity index (χ1v) is 11.1. The third-order valence-corrected chi connectivity index (χ3v) is 5.90. The fourth-order valence-electron chi connectivity index (χ4n) is 3.96. The van der Waals surface area contributed by atoms with Gasteiger partial charge in [-0.05, 0) is 61.0 Å². The van der Waals surface area contributed by atoms with Gasteiger partial charge in [-0.3, -0.25) is 14.5 Å². The molecule has 36 heavy (non-hydrogen) atoms. The summed E-state index contributed by atoms with van der Waals surface area (Å²) >= 11 is 6.11. The molecule has 1 atom stereocenters. The van der Waals surface area contributed by atoms with Crippen LogP contribution in [0.5, 0.6) is 5.75 Å². The monoisotopic (exact) mass is 519 g/mol. The van der Waals surface area contributed by atoms with Gasteiger partial charge in [0.15, 0.2) is 0 Å². The minimum Gasteiger partial charge on any atom is -0.507 e. The van der Waals surface area contributed by atoms with Crippen molar-refractivity contribution in [3.8, 4) is 5.75 Å². The summed E-state index contributed by atoms with van der Waals surface area (Å²) in [4.78, 5) is 27.1. The van der Waals surface area contributed by atoms with Gasteiger partial charge in [-0.25, -0.2) is 4.39 Å². The second-order valence-corrected chi connectivity index (χ2v) is 8.25.